The lowest BCUT2D eigenvalue weighted by Gasteiger charge is -2.02. The van der Waals surface area contributed by atoms with Crippen molar-refractivity contribution in [1.29, 1.82) is 0 Å². The van der Waals surface area contributed by atoms with Crippen LogP contribution in [-0.2, 0) is 4.12 Å². The van der Waals surface area contributed by atoms with Gasteiger partial charge in [-0.3, -0.25) is 0 Å². The highest BCUT2D eigenvalue weighted by Gasteiger charge is 1.99. The fraction of sp³-hybridized carbons (Fsp3) is 0.111. The van der Waals surface area contributed by atoms with Gasteiger partial charge in [0.1, 0.15) is 0 Å². The molecule has 0 aliphatic rings. The molecule has 0 aliphatic heterocycles. The van der Waals surface area contributed by atoms with E-state index in [0.29, 0.717) is 19.5 Å². The summed E-state index contributed by atoms with van der Waals surface area (Å²) < 4.78 is 5.37. The van der Waals surface area contributed by atoms with Crippen LogP contribution in [0.3, 0.4) is 0 Å². The van der Waals surface area contributed by atoms with Crippen molar-refractivity contribution in [3.8, 4) is 0 Å². The summed E-state index contributed by atoms with van der Waals surface area (Å²) in [5.74, 6) is 0. The minimum absolute atomic E-state index is 0.451. The van der Waals surface area contributed by atoms with Gasteiger partial charge in [-0.2, -0.15) is 0 Å². The molecule has 0 unspecified atom stereocenters. The minimum atomic E-state index is 0.451. The zero-order valence-corrected chi connectivity index (χ0v) is 9.00. The Hall–Kier alpha value is -0.646. The summed E-state index contributed by atoms with van der Waals surface area (Å²) in [5, 5.41) is 1.24. The molecule has 1 aromatic rings. The SMILES string of the molecule is C=Cc1ccccc1[Si]O[Si]C. The van der Waals surface area contributed by atoms with E-state index < -0.39 is 0 Å². The van der Waals surface area contributed by atoms with Gasteiger partial charge in [0.05, 0.1) is 0 Å². The zero-order chi connectivity index (χ0) is 8.81. The average Bonchev–Trinajstić information content (AvgIpc) is 2.15. The van der Waals surface area contributed by atoms with Crippen LogP contribution in [0.4, 0.5) is 0 Å². The quantitative estimate of drug-likeness (QED) is 0.650. The largest absolute Gasteiger partial charge is 0.453 e. The highest BCUT2D eigenvalue weighted by molar-refractivity contribution is 6.54. The zero-order valence-electron chi connectivity index (χ0n) is 7.00. The molecule has 4 radical (unpaired) electrons. The Labute approximate surface area is 78.3 Å². The van der Waals surface area contributed by atoms with Gasteiger partial charge < -0.3 is 4.12 Å². The van der Waals surface area contributed by atoms with Crippen molar-refractivity contribution in [3.63, 3.8) is 0 Å². The van der Waals surface area contributed by atoms with Gasteiger partial charge in [-0.05, 0) is 17.3 Å². The van der Waals surface area contributed by atoms with Crippen molar-refractivity contribution in [3.05, 3.63) is 36.4 Å². The molecule has 0 heterocycles. The van der Waals surface area contributed by atoms with Crippen LogP contribution in [0.2, 0.25) is 6.55 Å². The van der Waals surface area contributed by atoms with Crippen molar-refractivity contribution < 1.29 is 4.12 Å². The van der Waals surface area contributed by atoms with Gasteiger partial charge >= 0.3 is 0 Å². The molecule has 0 spiro atoms. The van der Waals surface area contributed by atoms with E-state index in [1.54, 1.807) is 0 Å². The lowest BCUT2D eigenvalue weighted by molar-refractivity contribution is 0.657. The third kappa shape index (κ3) is 2.44. The number of benzene rings is 1. The maximum Gasteiger partial charge on any atom is 0.257 e. The van der Waals surface area contributed by atoms with E-state index in [9.17, 15) is 0 Å². The third-order valence-electron chi connectivity index (χ3n) is 1.44. The maximum atomic E-state index is 5.37. The van der Waals surface area contributed by atoms with Crippen molar-refractivity contribution in [1.82, 2.24) is 0 Å². The Morgan fingerprint density at radius 1 is 1.42 bits per heavy atom. The predicted octanol–water partition coefficient (Wildman–Crippen LogP) is 1.26. The van der Waals surface area contributed by atoms with E-state index in [0.717, 1.165) is 0 Å². The van der Waals surface area contributed by atoms with Crippen molar-refractivity contribution >= 4 is 30.8 Å². The molecule has 60 valence electrons. The van der Waals surface area contributed by atoms with Gasteiger partial charge in [-0.15, -0.1) is 0 Å². The van der Waals surface area contributed by atoms with E-state index in [4.69, 9.17) is 4.12 Å². The van der Waals surface area contributed by atoms with Crippen LogP contribution in [0.1, 0.15) is 5.56 Å². The molecule has 0 amide bonds. The molecule has 0 saturated carbocycles. The smallest absolute Gasteiger partial charge is 0.257 e. The van der Waals surface area contributed by atoms with Crippen LogP contribution >= 0.6 is 0 Å². The molecule has 3 heteroatoms. The molecule has 0 aromatic heterocycles. The molecule has 12 heavy (non-hydrogen) atoms. The molecule has 1 nitrogen and oxygen atoms in total. The Balaban J connectivity index is 2.75. The van der Waals surface area contributed by atoms with Gasteiger partial charge in [0.25, 0.3) is 9.76 Å². The molecule has 0 atom stereocenters. The van der Waals surface area contributed by atoms with E-state index in [-0.39, 0.29) is 0 Å². The molecule has 0 aliphatic carbocycles. The number of hydrogen-bond donors (Lipinski definition) is 0. The molecule has 0 N–H and O–H groups in total. The fourth-order valence-electron chi connectivity index (χ4n) is 0.874. The van der Waals surface area contributed by atoms with Crippen LogP contribution < -0.4 is 5.19 Å². The van der Waals surface area contributed by atoms with Gasteiger partial charge in [0, 0.05) is 0 Å². The first-order chi connectivity index (χ1) is 5.88. The Morgan fingerprint density at radius 3 is 2.83 bits per heavy atom. The second-order valence-electron chi connectivity index (χ2n) is 2.20. The summed E-state index contributed by atoms with van der Waals surface area (Å²) in [4.78, 5) is 0. The fourth-order valence-corrected chi connectivity index (χ4v) is 2.19. The lowest BCUT2D eigenvalue weighted by Crippen LogP contribution is -2.20. The molecular weight excluding hydrogens is 180 g/mol. The van der Waals surface area contributed by atoms with Crippen molar-refractivity contribution in [2.75, 3.05) is 0 Å². The van der Waals surface area contributed by atoms with Gasteiger partial charge in [-0.25, -0.2) is 0 Å². The Kier molecular flexibility index (Phi) is 4.00. The van der Waals surface area contributed by atoms with E-state index >= 15 is 0 Å². The molecule has 1 aromatic carbocycles. The summed E-state index contributed by atoms with van der Waals surface area (Å²) >= 11 is 0. The van der Waals surface area contributed by atoms with Gasteiger partial charge in [-0.1, -0.05) is 36.9 Å². The summed E-state index contributed by atoms with van der Waals surface area (Å²) in [7, 11) is 1.01. The van der Waals surface area contributed by atoms with Crippen LogP contribution in [0.5, 0.6) is 0 Å². The second kappa shape index (κ2) is 5.08. The van der Waals surface area contributed by atoms with E-state index in [1.165, 1.54) is 10.8 Å². The summed E-state index contributed by atoms with van der Waals surface area (Å²) in [6.07, 6.45) is 1.87. The highest BCUT2D eigenvalue weighted by atomic mass is 28.3. The Morgan fingerprint density at radius 2 is 2.17 bits per heavy atom. The first kappa shape index (κ1) is 9.44. The van der Waals surface area contributed by atoms with Crippen LogP contribution in [0.25, 0.3) is 6.08 Å². The Bertz CT molecular complexity index is 260. The monoisotopic (exact) mass is 190 g/mol. The van der Waals surface area contributed by atoms with Gasteiger partial charge in [0.15, 0.2) is 0 Å². The molecule has 0 bridgehead atoms. The topological polar surface area (TPSA) is 9.23 Å². The number of rotatable bonds is 4. The van der Waals surface area contributed by atoms with Gasteiger partial charge in [0.2, 0.25) is 9.76 Å². The second-order valence-corrected chi connectivity index (χ2v) is 4.17. The van der Waals surface area contributed by atoms with Crippen LogP contribution in [0, 0.1) is 0 Å². The predicted molar refractivity (Wildman–Crippen MR) is 54.6 cm³/mol. The molecule has 1 rings (SSSR count). The number of hydrogen-bond acceptors (Lipinski definition) is 1. The normalized spacial score (nSPS) is 9.75. The molecular formula is C9H10OSi2. The minimum Gasteiger partial charge on any atom is -0.453 e. The highest BCUT2D eigenvalue weighted by Crippen LogP contribution is 1.96. The first-order valence-corrected chi connectivity index (χ1v) is 6.00. The van der Waals surface area contributed by atoms with E-state index in [1.807, 2.05) is 24.8 Å². The summed E-state index contributed by atoms with van der Waals surface area (Å²) in [6.45, 7) is 5.78. The summed E-state index contributed by atoms with van der Waals surface area (Å²) in [5.41, 5.74) is 1.18. The first-order valence-electron chi connectivity index (χ1n) is 3.68. The van der Waals surface area contributed by atoms with E-state index in [2.05, 4.69) is 18.7 Å². The van der Waals surface area contributed by atoms with Crippen LogP contribution in [-0.4, -0.2) is 19.5 Å². The lowest BCUT2D eigenvalue weighted by atomic mass is 10.2. The third-order valence-corrected chi connectivity index (χ3v) is 3.34. The average molecular weight is 190 g/mol. The van der Waals surface area contributed by atoms with Crippen molar-refractivity contribution in [2.45, 2.75) is 6.55 Å². The standard InChI is InChI=1S/C9H10OSi2/c1-3-8-6-4-5-7-9(8)12-10-11-2/h3-7H,1H2,2H3. The summed E-state index contributed by atoms with van der Waals surface area (Å²) in [6, 6.07) is 8.17. The maximum absolute atomic E-state index is 5.37. The van der Waals surface area contributed by atoms with Crippen LogP contribution in [0.15, 0.2) is 30.8 Å². The molecule has 0 saturated heterocycles. The molecule has 0 fully saturated rings. The van der Waals surface area contributed by atoms with Crippen molar-refractivity contribution in [2.24, 2.45) is 0 Å².